The molecule has 0 saturated carbocycles. The summed E-state index contributed by atoms with van der Waals surface area (Å²) in [7, 11) is 0. The van der Waals surface area contributed by atoms with Crippen molar-refractivity contribution < 1.29 is 4.79 Å². The minimum absolute atomic E-state index is 0.0583. The molecule has 2 rings (SSSR count). The first-order chi connectivity index (χ1) is 9.96. The molecule has 0 aliphatic carbocycles. The highest BCUT2D eigenvalue weighted by Crippen LogP contribution is 2.22. The van der Waals surface area contributed by atoms with Gasteiger partial charge in [-0.25, -0.2) is 0 Å². The number of carbonyl (C=O) groups excluding carboxylic acids is 1. The Labute approximate surface area is 126 Å². The van der Waals surface area contributed by atoms with Gasteiger partial charge in [-0.3, -0.25) is 9.69 Å². The summed E-state index contributed by atoms with van der Waals surface area (Å²) in [6.07, 6.45) is 5.10. The number of hydrogen-bond acceptors (Lipinski definition) is 4. The van der Waals surface area contributed by atoms with E-state index >= 15 is 0 Å². The molecule has 21 heavy (non-hydrogen) atoms. The Balaban J connectivity index is 2.02. The Bertz CT molecular complexity index is 476. The number of aryl methyl sites for hydroxylation is 1. The summed E-state index contributed by atoms with van der Waals surface area (Å²) in [5, 5.41) is 11.2. The molecule has 6 nitrogen and oxygen atoms in total. The van der Waals surface area contributed by atoms with E-state index in [0.717, 1.165) is 31.9 Å². The topological polar surface area (TPSA) is 63.1 Å². The fraction of sp³-hybridized carbons (Fsp3) is 0.800. The highest BCUT2D eigenvalue weighted by atomic mass is 16.2. The van der Waals surface area contributed by atoms with E-state index in [1.54, 1.807) is 6.33 Å². The van der Waals surface area contributed by atoms with E-state index in [1.165, 1.54) is 12.8 Å². The molecular weight excluding hydrogens is 266 g/mol. The lowest BCUT2D eigenvalue weighted by Crippen LogP contribution is -2.54. The van der Waals surface area contributed by atoms with Crippen LogP contribution in [0.1, 0.15) is 58.8 Å². The average molecular weight is 293 g/mol. The van der Waals surface area contributed by atoms with Gasteiger partial charge in [0.25, 0.3) is 0 Å². The number of rotatable bonds is 6. The fourth-order valence-corrected chi connectivity index (χ4v) is 2.87. The standard InChI is InChI=1S/C15H27N5O/c1-5-8-19-11-16-18-13(19)12(2)17-14(21)15(3,4)20-9-6-7-10-20/h11-12H,5-10H2,1-4H3,(H,17,21)/t12-/m0/s1. The maximum Gasteiger partial charge on any atom is 0.240 e. The molecule has 1 amide bonds. The number of amides is 1. The van der Waals surface area contributed by atoms with E-state index < -0.39 is 5.54 Å². The Kier molecular flexibility index (Phi) is 4.98. The fourth-order valence-electron chi connectivity index (χ4n) is 2.87. The normalized spacial score (nSPS) is 17.9. The van der Waals surface area contributed by atoms with Crippen molar-refractivity contribution >= 4 is 5.91 Å². The second kappa shape index (κ2) is 6.56. The van der Waals surface area contributed by atoms with Crippen molar-refractivity contribution in [2.24, 2.45) is 0 Å². The number of aromatic nitrogens is 3. The number of carbonyl (C=O) groups is 1. The number of hydrogen-bond donors (Lipinski definition) is 1. The summed E-state index contributed by atoms with van der Waals surface area (Å²) in [6.45, 7) is 11.0. The maximum absolute atomic E-state index is 12.6. The van der Waals surface area contributed by atoms with Crippen LogP contribution < -0.4 is 5.32 Å². The van der Waals surface area contributed by atoms with Crippen LogP contribution in [0.2, 0.25) is 0 Å². The van der Waals surface area contributed by atoms with Crippen molar-refractivity contribution in [2.45, 2.75) is 65.1 Å². The molecule has 1 aromatic heterocycles. The summed E-state index contributed by atoms with van der Waals surface area (Å²) in [5.74, 6) is 0.880. The van der Waals surface area contributed by atoms with Crippen molar-refractivity contribution in [3.05, 3.63) is 12.2 Å². The minimum atomic E-state index is -0.472. The molecule has 2 heterocycles. The van der Waals surface area contributed by atoms with E-state index in [9.17, 15) is 4.79 Å². The van der Waals surface area contributed by atoms with Crippen molar-refractivity contribution in [2.75, 3.05) is 13.1 Å². The molecule has 0 spiro atoms. The lowest BCUT2D eigenvalue weighted by Gasteiger charge is -2.34. The Morgan fingerprint density at radius 2 is 2.10 bits per heavy atom. The van der Waals surface area contributed by atoms with Gasteiger partial charge in [0.15, 0.2) is 5.82 Å². The second-order valence-electron chi connectivity index (χ2n) is 6.33. The zero-order valence-corrected chi connectivity index (χ0v) is 13.6. The highest BCUT2D eigenvalue weighted by molar-refractivity contribution is 5.85. The van der Waals surface area contributed by atoms with Crippen molar-refractivity contribution in [3.8, 4) is 0 Å². The zero-order valence-electron chi connectivity index (χ0n) is 13.6. The van der Waals surface area contributed by atoms with Gasteiger partial charge in [-0.05, 0) is 53.1 Å². The van der Waals surface area contributed by atoms with Gasteiger partial charge in [-0.15, -0.1) is 10.2 Å². The summed E-state index contributed by atoms with van der Waals surface area (Å²) < 4.78 is 2.01. The van der Waals surface area contributed by atoms with Gasteiger partial charge in [0.05, 0.1) is 11.6 Å². The molecule has 1 N–H and O–H groups in total. The van der Waals surface area contributed by atoms with Gasteiger partial charge in [0, 0.05) is 6.54 Å². The first-order valence-electron chi connectivity index (χ1n) is 7.90. The largest absolute Gasteiger partial charge is 0.345 e. The molecule has 6 heteroatoms. The van der Waals surface area contributed by atoms with Crippen LogP contribution in [0.15, 0.2) is 6.33 Å². The molecule has 1 aliphatic heterocycles. The molecule has 1 atom stereocenters. The van der Waals surface area contributed by atoms with Crippen molar-refractivity contribution in [3.63, 3.8) is 0 Å². The summed E-state index contributed by atoms with van der Waals surface area (Å²) in [4.78, 5) is 14.9. The van der Waals surface area contributed by atoms with Crippen molar-refractivity contribution in [1.29, 1.82) is 0 Å². The summed E-state index contributed by atoms with van der Waals surface area (Å²) in [6, 6.07) is -0.131. The lowest BCUT2D eigenvalue weighted by atomic mass is 10.0. The molecular formula is C15H27N5O. The summed E-state index contributed by atoms with van der Waals surface area (Å²) in [5.41, 5.74) is -0.472. The Morgan fingerprint density at radius 3 is 2.71 bits per heavy atom. The van der Waals surface area contributed by atoms with Gasteiger partial charge < -0.3 is 9.88 Å². The first kappa shape index (κ1) is 15.9. The van der Waals surface area contributed by atoms with Gasteiger partial charge >= 0.3 is 0 Å². The molecule has 0 unspecified atom stereocenters. The molecule has 118 valence electrons. The predicted molar refractivity (Wildman–Crippen MR) is 81.8 cm³/mol. The van der Waals surface area contributed by atoms with Crippen LogP contribution in [0.5, 0.6) is 0 Å². The maximum atomic E-state index is 12.6. The molecule has 1 fully saturated rings. The van der Waals surface area contributed by atoms with E-state index in [-0.39, 0.29) is 11.9 Å². The number of nitrogens with one attached hydrogen (secondary N) is 1. The van der Waals surface area contributed by atoms with Crippen LogP contribution in [-0.4, -0.2) is 44.2 Å². The molecule has 0 aromatic carbocycles. The van der Waals surface area contributed by atoms with Gasteiger partial charge in [-0.2, -0.15) is 0 Å². The Hall–Kier alpha value is -1.43. The van der Waals surface area contributed by atoms with Gasteiger partial charge in [-0.1, -0.05) is 6.92 Å². The van der Waals surface area contributed by atoms with Crippen LogP contribution >= 0.6 is 0 Å². The number of nitrogens with zero attached hydrogens (tertiary/aromatic N) is 4. The third-order valence-electron chi connectivity index (χ3n) is 4.30. The van der Waals surface area contributed by atoms with Crippen LogP contribution in [0.25, 0.3) is 0 Å². The van der Waals surface area contributed by atoms with Crippen LogP contribution in [0, 0.1) is 0 Å². The van der Waals surface area contributed by atoms with E-state index in [0.29, 0.717) is 0 Å². The molecule has 0 radical (unpaired) electrons. The molecule has 1 saturated heterocycles. The monoisotopic (exact) mass is 293 g/mol. The number of likely N-dealkylation sites (tertiary alicyclic amines) is 1. The SMILES string of the molecule is CCCn1cnnc1[C@H](C)NC(=O)C(C)(C)N1CCCC1. The highest BCUT2D eigenvalue weighted by Gasteiger charge is 2.36. The average Bonchev–Trinajstić information content (AvgIpc) is 3.10. The van der Waals surface area contributed by atoms with E-state index in [1.807, 2.05) is 25.3 Å². The Morgan fingerprint density at radius 1 is 1.43 bits per heavy atom. The van der Waals surface area contributed by atoms with Crippen LogP contribution in [0.4, 0.5) is 0 Å². The smallest absolute Gasteiger partial charge is 0.240 e. The molecule has 1 aromatic rings. The summed E-state index contributed by atoms with van der Waals surface area (Å²) >= 11 is 0. The third kappa shape index (κ3) is 3.43. The third-order valence-corrected chi connectivity index (χ3v) is 4.30. The van der Waals surface area contributed by atoms with E-state index in [2.05, 4.69) is 27.3 Å². The first-order valence-corrected chi connectivity index (χ1v) is 7.90. The van der Waals surface area contributed by atoms with E-state index in [4.69, 9.17) is 0 Å². The van der Waals surface area contributed by atoms with Crippen LogP contribution in [-0.2, 0) is 11.3 Å². The second-order valence-corrected chi connectivity index (χ2v) is 6.33. The van der Waals surface area contributed by atoms with Gasteiger partial charge in [0.2, 0.25) is 5.91 Å². The van der Waals surface area contributed by atoms with Gasteiger partial charge in [0.1, 0.15) is 6.33 Å². The predicted octanol–water partition coefficient (Wildman–Crippen LogP) is 1.74. The lowest BCUT2D eigenvalue weighted by molar-refractivity contribution is -0.131. The molecule has 0 bridgehead atoms. The minimum Gasteiger partial charge on any atom is -0.345 e. The zero-order chi connectivity index (χ0) is 15.5. The molecule has 1 aliphatic rings. The van der Waals surface area contributed by atoms with Crippen LogP contribution in [0.3, 0.4) is 0 Å². The van der Waals surface area contributed by atoms with Crippen molar-refractivity contribution in [1.82, 2.24) is 25.0 Å². The quantitative estimate of drug-likeness (QED) is 0.868.